The van der Waals surface area contributed by atoms with Gasteiger partial charge in [-0.3, -0.25) is 14.8 Å². The molecular formula is C24H29Cl3N4O. The Morgan fingerprint density at radius 1 is 0.875 bits per heavy atom. The topological polar surface area (TPSA) is 58.1 Å². The van der Waals surface area contributed by atoms with Crippen molar-refractivity contribution >= 4 is 48.8 Å². The number of nitrogens with one attached hydrogen (secondary N) is 1. The highest BCUT2D eigenvalue weighted by molar-refractivity contribution is 5.97. The molecular weight excluding hydrogens is 467 g/mol. The fraction of sp³-hybridized carbons (Fsp3) is 0.292. The summed E-state index contributed by atoms with van der Waals surface area (Å²) in [6.45, 7) is 5.79. The van der Waals surface area contributed by atoms with Crippen molar-refractivity contribution < 1.29 is 4.79 Å². The molecule has 0 unspecified atom stereocenters. The Bertz CT molecular complexity index is 998. The Morgan fingerprint density at radius 3 is 2.00 bits per heavy atom. The van der Waals surface area contributed by atoms with Crippen LogP contribution < -0.4 is 5.32 Å². The standard InChI is InChI=1S/C24H26N4O.3ClH/c1-17-7-3-9-19(26-17)15-28(16-20-10-4-8-18(2)27-20)24(29)22-11-5-13-23-21(22)12-6-14-25-23;;;/h3-5,7-11,13,25H,6,12,14-16H2,1-2H3;3*1H. The molecule has 0 bridgehead atoms. The zero-order chi connectivity index (χ0) is 20.2. The summed E-state index contributed by atoms with van der Waals surface area (Å²) in [6, 6.07) is 17.8. The minimum Gasteiger partial charge on any atom is -0.385 e. The number of nitrogens with zero attached hydrogens (tertiary/aromatic N) is 3. The van der Waals surface area contributed by atoms with Crippen LogP contribution in [-0.4, -0.2) is 27.3 Å². The van der Waals surface area contributed by atoms with Gasteiger partial charge in [0.1, 0.15) is 0 Å². The third-order valence-corrected chi connectivity index (χ3v) is 5.21. The molecule has 3 heterocycles. The second-order valence-electron chi connectivity index (χ2n) is 7.56. The van der Waals surface area contributed by atoms with Crippen LogP contribution in [0.25, 0.3) is 0 Å². The number of halogens is 3. The fourth-order valence-electron chi connectivity index (χ4n) is 3.85. The Kier molecular flexibility index (Phi) is 10.9. The predicted octanol–water partition coefficient (Wildman–Crippen LogP) is 5.56. The number of rotatable bonds is 5. The van der Waals surface area contributed by atoms with E-state index in [2.05, 4.69) is 21.4 Å². The van der Waals surface area contributed by atoms with Crippen LogP contribution in [0.2, 0.25) is 0 Å². The van der Waals surface area contributed by atoms with Crippen LogP contribution in [-0.2, 0) is 19.5 Å². The third kappa shape index (κ3) is 6.58. The Balaban J connectivity index is 0.00000171. The van der Waals surface area contributed by atoms with Gasteiger partial charge >= 0.3 is 0 Å². The number of aromatic nitrogens is 2. The minimum absolute atomic E-state index is 0. The van der Waals surface area contributed by atoms with Gasteiger partial charge in [-0.1, -0.05) is 18.2 Å². The molecule has 0 spiro atoms. The molecule has 1 aliphatic heterocycles. The number of aryl methyl sites for hydroxylation is 2. The second kappa shape index (κ2) is 12.6. The summed E-state index contributed by atoms with van der Waals surface area (Å²) in [4.78, 5) is 24.7. The van der Waals surface area contributed by atoms with Gasteiger partial charge in [-0.2, -0.15) is 0 Å². The number of anilines is 1. The number of hydrogen-bond acceptors (Lipinski definition) is 4. The van der Waals surface area contributed by atoms with Crippen LogP contribution in [0.1, 0.15) is 45.1 Å². The molecule has 4 rings (SSSR count). The lowest BCUT2D eigenvalue weighted by atomic mass is 9.96. The van der Waals surface area contributed by atoms with Crippen molar-refractivity contribution in [1.82, 2.24) is 14.9 Å². The molecule has 3 aromatic rings. The first kappa shape index (κ1) is 27.7. The smallest absolute Gasteiger partial charge is 0.254 e. The normalized spacial score (nSPS) is 11.6. The van der Waals surface area contributed by atoms with E-state index in [-0.39, 0.29) is 43.1 Å². The van der Waals surface area contributed by atoms with Crippen molar-refractivity contribution in [3.05, 3.63) is 88.5 Å². The molecule has 8 heteroatoms. The molecule has 0 saturated carbocycles. The van der Waals surface area contributed by atoms with Crippen molar-refractivity contribution in [3.63, 3.8) is 0 Å². The highest BCUT2D eigenvalue weighted by atomic mass is 35.5. The van der Waals surface area contributed by atoms with Gasteiger partial charge in [0.15, 0.2) is 0 Å². The first-order chi connectivity index (χ1) is 14.1. The number of pyridine rings is 2. The lowest BCUT2D eigenvalue weighted by Crippen LogP contribution is -2.32. The quantitative estimate of drug-likeness (QED) is 0.503. The minimum atomic E-state index is 0. The van der Waals surface area contributed by atoms with Crippen molar-refractivity contribution in [3.8, 4) is 0 Å². The molecule has 1 amide bonds. The van der Waals surface area contributed by atoms with Crippen molar-refractivity contribution in [2.24, 2.45) is 0 Å². The van der Waals surface area contributed by atoms with E-state index in [0.29, 0.717) is 13.1 Å². The van der Waals surface area contributed by atoms with Crippen LogP contribution >= 0.6 is 37.2 Å². The van der Waals surface area contributed by atoms with Crippen LogP contribution in [0.5, 0.6) is 0 Å². The Morgan fingerprint density at radius 2 is 1.44 bits per heavy atom. The number of carbonyl (C=O) groups excluding carboxylic acids is 1. The van der Waals surface area contributed by atoms with E-state index in [1.165, 1.54) is 0 Å². The maximum Gasteiger partial charge on any atom is 0.254 e. The summed E-state index contributed by atoms with van der Waals surface area (Å²) in [6.07, 6.45) is 1.96. The monoisotopic (exact) mass is 494 g/mol. The maximum absolute atomic E-state index is 13.6. The lowest BCUT2D eigenvalue weighted by Gasteiger charge is -2.26. The second-order valence-corrected chi connectivity index (χ2v) is 7.56. The molecule has 5 nitrogen and oxygen atoms in total. The Hall–Kier alpha value is -2.34. The average Bonchev–Trinajstić information content (AvgIpc) is 2.72. The number of hydrogen-bond donors (Lipinski definition) is 1. The molecule has 0 aliphatic carbocycles. The SMILES string of the molecule is Cc1cccc(CN(Cc2cccc(C)n2)C(=O)c2cccc3c2CCCN3)n1.Cl.Cl.Cl. The molecule has 0 radical (unpaired) electrons. The summed E-state index contributed by atoms with van der Waals surface area (Å²) in [5.74, 6) is 0.0252. The summed E-state index contributed by atoms with van der Waals surface area (Å²) in [5, 5.41) is 3.42. The van der Waals surface area contributed by atoms with Crippen LogP contribution in [0, 0.1) is 13.8 Å². The molecule has 0 atom stereocenters. The number of amides is 1. The average molecular weight is 496 g/mol. The van der Waals surface area contributed by atoms with Gasteiger partial charge in [0.05, 0.1) is 24.5 Å². The maximum atomic E-state index is 13.6. The van der Waals surface area contributed by atoms with E-state index in [0.717, 1.165) is 59.0 Å². The zero-order valence-corrected chi connectivity index (χ0v) is 20.7. The highest BCUT2D eigenvalue weighted by Crippen LogP contribution is 2.27. The lowest BCUT2D eigenvalue weighted by molar-refractivity contribution is 0.0724. The number of benzene rings is 1. The van der Waals surface area contributed by atoms with E-state index >= 15 is 0 Å². The van der Waals surface area contributed by atoms with E-state index in [1.807, 2.05) is 67.3 Å². The van der Waals surface area contributed by atoms with Crippen molar-refractivity contribution in [2.45, 2.75) is 39.8 Å². The van der Waals surface area contributed by atoms with Crippen LogP contribution in [0.4, 0.5) is 5.69 Å². The molecule has 1 aromatic carbocycles. The molecule has 1 N–H and O–H groups in total. The first-order valence-corrected chi connectivity index (χ1v) is 10.1. The van der Waals surface area contributed by atoms with Gasteiger partial charge < -0.3 is 10.2 Å². The molecule has 2 aromatic heterocycles. The van der Waals surface area contributed by atoms with E-state index in [4.69, 9.17) is 0 Å². The van der Waals surface area contributed by atoms with Gasteiger partial charge in [0.2, 0.25) is 0 Å². The predicted molar refractivity (Wildman–Crippen MR) is 137 cm³/mol. The van der Waals surface area contributed by atoms with Crippen molar-refractivity contribution in [1.29, 1.82) is 0 Å². The fourth-order valence-corrected chi connectivity index (χ4v) is 3.85. The molecule has 0 fully saturated rings. The van der Waals surface area contributed by atoms with Crippen molar-refractivity contribution in [2.75, 3.05) is 11.9 Å². The summed E-state index contributed by atoms with van der Waals surface area (Å²) in [7, 11) is 0. The van der Waals surface area contributed by atoms with Gasteiger partial charge in [0.25, 0.3) is 5.91 Å². The van der Waals surface area contributed by atoms with E-state index in [1.54, 1.807) is 0 Å². The van der Waals surface area contributed by atoms with Gasteiger partial charge in [-0.15, -0.1) is 37.2 Å². The van der Waals surface area contributed by atoms with Gasteiger partial charge in [0, 0.05) is 29.2 Å². The first-order valence-electron chi connectivity index (χ1n) is 10.1. The van der Waals surface area contributed by atoms with Gasteiger partial charge in [-0.25, -0.2) is 0 Å². The zero-order valence-electron chi connectivity index (χ0n) is 18.2. The molecule has 32 heavy (non-hydrogen) atoms. The third-order valence-electron chi connectivity index (χ3n) is 5.21. The number of fused-ring (bicyclic) bond motifs is 1. The largest absolute Gasteiger partial charge is 0.385 e. The summed E-state index contributed by atoms with van der Waals surface area (Å²) in [5.41, 5.74) is 6.63. The highest BCUT2D eigenvalue weighted by Gasteiger charge is 2.23. The van der Waals surface area contributed by atoms with Crippen LogP contribution in [0.15, 0.2) is 54.6 Å². The summed E-state index contributed by atoms with van der Waals surface area (Å²) >= 11 is 0. The molecule has 0 saturated heterocycles. The van der Waals surface area contributed by atoms with Gasteiger partial charge in [-0.05, 0) is 68.7 Å². The van der Waals surface area contributed by atoms with E-state index in [9.17, 15) is 4.79 Å². The number of carbonyl (C=O) groups is 1. The van der Waals surface area contributed by atoms with Crippen LogP contribution in [0.3, 0.4) is 0 Å². The van der Waals surface area contributed by atoms with E-state index < -0.39 is 0 Å². The Labute approximate surface area is 208 Å². The summed E-state index contributed by atoms with van der Waals surface area (Å²) < 4.78 is 0. The molecule has 1 aliphatic rings. The molecule has 172 valence electrons.